The average Bonchev–Trinajstić information content (AvgIpc) is 3.10. The van der Waals surface area contributed by atoms with Crippen LogP contribution in [0.2, 0.25) is 0 Å². The van der Waals surface area contributed by atoms with Crippen molar-refractivity contribution in [1.82, 2.24) is 9.80 Å². The van der Waals surface area contributed by atoms with Crippen molar-refractivity contribution in [3.63, 3.8) is 0 Å². The molecule has 5 heteroatoms. The van der Waals surface area contributed by atoms with Gasteiger partial charge in [0.2, 0.25) is 5.91 Å². The smallest absolute Gasteiger partial charge is 0.225 e. The zero-order valence-electron chi connectivity index (χ0n) is 13.1. The molecular weight excluding hydrogens is 280 g/mol. The molecule has 1 aliphatic heterocycles. The first-order chi connectivity index (χ1) is 10.7. The van der Waals surface area contributed by atoms with Crippen LogP contribution in [0.3, 0.4) is 0 Å². The number of β-amino-alcohol motifs (C(OH)–C–C–N with tert-alkyl or cyclic N) is 1. The van der Waals surface area contributed by atoms with Gasteiger partial charge in [-0.1, -0.05) is 19.3 Å². The van der Waals surface area contributed by atoms with Gasteiger partial charge in [0.1, 0.15) is 11.9 Å². The number of carbonyl (C=O) groups excluding carboxylic acids is 1. The Balaban J connectivity index is 1.44. The number of aliphatic hydroxyl groups is 1. The summed E-state index contributed by atoms with van der Waals surface area (Å²) in [5.41, 5.74) is 0. The molecule has 1 saturated heterocycles. The van der Waals surface area contributed by atoms with Crippen molar-refractivity contribution in [3.8, 4) is 0 Å². The summed E-state index contributed by atoms with van der Waals surface area (Å²) in [7, 11) is 0. The second-order valence-corrected chi connectivity index (χ2v) is 6.49. The molecule has 0 radical (unpaired) electrons. The standard InChI is InChI=1S/C17H26N2O3/c20-15(16-7-4-12-22-16)13-18-8-10-19(11-9-18)17(21)14-5-2-1-3-6-14/h4,7,12,14-15,20H,1-3,5-6,8-11,13H2. The molecule has 2 heterocycles. The van der Waals surface area contributed by atoms with Crippen LogP contribution >= 0.6 is 0 Å². The maximum Gasteiger partial charge on any atom is 0.225 e. The van der Waals surface area contributed by atoms with E-state index in [1.165, 1.54) is 19.3 Å². The van der Waals surface area contributed by atoms with Gasteiger partial charge in [0.05, 0.1) is 6.26 Å². The van der Waals surface area contributed by atoms with Crippen molar-refractivity contribution < 1.29 is 14.3 Å². The zero-order valence-corrected chi connectivity index (χ0v) is 13.1. The average molecular weight is 306 g/mol. The Morgan fingerprint density at radius 1 is 1.23 bits per heavy atom. The number of rotatable bonds is 4. The van der Waals surface area contributed by atoms with E-state index in [2.05, 4.69) is 4.90 Å². The predicted octanol–water partition coefficient (Wildman–Crippen LogP) is 2.04. The number of hydrogen-bond donors (Lipinski definition) is 1. The Morgan fingerprint density at radius 2 is 1.95 bits per heavy atom. The Kier molecular flexibility index (Phi) is 5.16. The lowest BCUT2D eigenvalue weighted by molar-refractivity contribution is -0.138. The van der Waals surface area contributed by atoms with E-state index in [9.17, 15) is 9.90 Å². The molecule has 5 nitrogen and oxygen atoms in total. The number of amides is 1. The Hall–Kier alpha value is -1.33. The van der Waals surface area contributed by atoms with E-state index < -0.39 is 6.10 Å². The summed E-state index contributed by atoms with van der Waals surface area (Å²) in [4.78, 5) is 16.7. The minimum atomic E-state index is -0.587. The molecular formula is C17H26N2O3. The molecule has 1 aromatic heterocycles. The van der Waals surface area contributed by atoms with E-state index in [0.717, 1.165) is 39.0 Å². The maximum absolute atomic E-state index is 12.5. The Bertz CT molecular complexity index is 460. The fraction of sp³-hybridized carbons (Fsp3) is 0.706. The van der Waals surface area contributed by atoms with Crippen molar-refractivity contribution in [2.24, 2.45) is 5.92 Å². The van der Waals surface area contributed by atoms with Gasteiger partial charge in [0.15, 0.2) is 0 Å². The molecule has 0 spiro atoms. The van der Waals surface area contributed by atoms with Crippen LogP contribution < -0.4 is 0 Å². The zero-order chi connectivity index (χ0) is 15.4. The first-order valence-corrected chi connectivity index (χ1v) is 8.46. The lowest BCUT2D eigenvalue weighted by atomic mass is 9.88. The lowest BCUT2D eigenvalue weighted by Crippen LogP contribution is -2.51. The van der Waals surface area contributed by atoms with Gasteiger partial charge in [-0.05, 0) is 25.0 Å². The second-order valence-electron chi connectivity index (χ2n) is 6.49. The van der Waals surface area contributed by atoms with Gasteiger partial charge in [0, 0.05) is 38.6 Å². The third-order valence-electron chi connectivity index (χ3n) is 4.94. The fourth-order valence-electron chi connectivity index (χ4n) is 3.57. The van der Waals surface area contributed by atoms with Crippen molar-refractivity contribution in [2.45, 2.75) is 38.2 Å². The summed E-state index contributed by atoms with van der Waals surface area (Å²) >= 11 is 0. The normalized spacial score (nSPS) is 22.7. The van der Waals surface area contributed by atoms with E-state index in [-0.39, 0.29) is 5.92 Å². The van der Waals surface area contributed by atoms with Crippen LogP contribution in [0.1, 0.15) is 44.0 Å². The maximum atomic E-state index is 12.5. The minimum Gasteiger partial charge on any atom is -0.467 e. The summed E-state index contributed by atoms with van der Waals surface area (Å²) < 4.78 is 5.23. The van der Waals surface area contributed by atoms with E-state index in [1.54, 1.807) is 18.4 Å². The summed E-state index contributed by atoms with van der Waals surface area (Å²) in [6.45, 7) is 3.78. The van der Waals surface area contributed by atoms with E-state index >= 15 is 0 Å². The molecule has 22 heavy (non-hydrogen) atoms. The van der Waals surface area contributed by atoms with E-state index in [0.29, 0.717) is 18.2 Å². The van der Waals surface area contributed by atoms with Gasteiger partial charge in [-0.25, -0.2) is 0 Å². The van der Waals surface area contributed by atoms with Crippen LogP contribution in [-0.4, -0.2) is 53.5 Å². The number of aliphatic hydroxyl groups excluding tert-OH is 1. The molecule has 2 fully saturated rings. The predicted molar refractivity (Wildman–Crippen MR) is 83.3 cm³/mol. The monoisotopic (exact) mass is 306 g/mol. The minimum absolute atomic E-state index is 0.258. The molecule has 3 rings (SSSR count). The largest absolute Gasteiger partial charge is 0.467 e. The van der Waals surface area contributed by atoms with Crippen molar-refractivity contribution >= 4 is 5.91 Å². The van der Waals surface area contributed by atoms with Crippen LogP contribution in [0.4, 0.5) is 0 Å². The van der Waals surface area contributed by atoms with Crippen LogP contribution in [0.25, 0.3) is 0 Å². The van der Waals surface area contributed by atoms with Gasteiger partial charge in [-0.3, -0.25) is 9.69 Å². The second kappa shape index (κ2) is 7.29. The van der Waals surface area contributed by atoms with Crippen molar-refractivity contribution in [1.29, 1.82) is 0 Å². The lowest BCUT2D eigenvalue weighted by Gasteiger charge is -2.37. The topological polar surface area (TPSA) is 56.9 Å². The summed E-state index contributed by atoms with van der Waals surface area (Å²) in [6, 6.07) is 3.59. The Labute approximate surface area is 131 Å². The third kappa shape index (κ3) is 3.70. The van der Waals surface area contributed by atoms with Gasteiger partial charge in [-0.2, -0.15) is 0 Å². The highest BCUT2D eigenvalue weighted by Crippen LogP contribution is 2.26. The van der Waals surface area contributed by atoms with E-state index in [1.807, 2.05) is 4.90 Å². The summed E-state index contributed by atoms with van der Waals surface area (Å²) in [5, 5.41) is 10.1. The fourth-order valence-corrected chi connectivity index (χ4v) is 3.57. The summed E-state index contributed by atoms with van der Waals surface area (Å²) in [6.07, 6.45) is 6.81. The van der Waals surface area contributed by atoms with Crippen LogP contribution in [0.5, 0.6) is 0 Å². The molecule has 0 bridgehead atoms. The molecule has 1 unspecified atom stereocenters. The highest BCUT2D eigenvalue weighted by molar-refractivity contribution is 5.79. The molecule has 122 valence electrons. The van der Waals surface area contributed by atoms with Gasteiger partial charge in [-0.15, -0.1) is 0 Å². The van der Waals surface area contributed by atoms with Crippen LogP contribution in [-0.2, 0) is 4.79 Å². The molecule has 1 amide bonds. The van der Waals surface area contributed by atoms with Gasteiger partial charge < -0.3 is 14.4 Å². The molecule has 1 aromatic rings. The number of furan rings is 1. The first-order valence-electron chi connectivity index (χ1n) is 8.46. The molecule has 1 saturated carbocycles. The number of hydrogen-bond acceptors (Lipinski definition) is 4. The molecule has 2 aliphatic rings. The third-order valence-corrected chi connectivity index (χ3v) is 4.94. The van der Waals surface area contributed by atoms with Crippen LogP contribution in [0, 0.1) is 5.92 Å². The molecule has 1 aliphatic carbocycles. The molecule has 1 atom stereocenters. The highest BCUT2D eigenvalue weighted by Gasteiger charge is 2.29. The number of nitrogens with zero attached hydrogens (tertiary/aromatic N) is 2. The SMILES string of the molecule is O=C(C1CCCCC1)N1CCN(CC(O)c2ccco2)CC1. The highest BCUT2D eigenvalue weighted by atomic mass is 16.4. The number of carbonyl (C=O) groups is 1. The number of piperazine rings is 1. The summed E-state index contributed by atoms with van der Waals surface area (Å²) in [5.74, 6) is 1.22. The Morgan fingerprint density at radius 3 is 2.59 bits per heavy atom. The van der Waals surface area contributed by atoms with Gasteiger partial charge in [0.25, 0.3) is 0 Å². The quantitative estimate of drug-likeness (QED) is 0.925. The van der Waals surface area contributed by atoms with E-state index in [4.69, 9.17) is 4.42 Å². The van der Waals surface area contributed by atoms with Crippen molar-refractivity contribution in [3.05, 3.63) is 24.2 Å². The molecule has 0 aromatic carbocycles. The first kappa shape index (κ1) is 15.6. The van der Waals surface area contributed by atoms with Gasteiger partial charge >= 0.3 is 0 Å². The molecule has 1 N–H and O–H groups in total. The van der Waals surface area contributed by atoms with Crippen molar-refractivity contribution in [2.75, 3.05) is 32.7 Å². The van der Waals surface area contributed by atoms with Crippen LogP contribution in [0.15, 0.2) is 22.8 Å².